The smallest absolute Gasteiger partial charge is 0.162 e. The van der Waals surface area contributed by atoms with E-state index in [1.54, 1.807) is 25.8 Å². The maximum absolute atomic E-state index is 6.34. The fourth-order valence-corrected chi connectivity index (χ4v) is 4.31. The number of anilines is 2. The molecule has 37 heavy (non-hydrogen) atoms. The lowest BCUT2D eigenvalue weighted by Crippen LogP contribution is -2.31. The van der Waals surface area contributed by atoms with E-state index in [-0.39, 0.29) is 37.0 Å². The third-order valence-electron chi connectivity index (χ3n) is 6.23. The van der Waals surface area contributed by atoms with Crippen molar-refractivity contribution in [3.63, 3.8) is 0 Å². The number of hydrogen-bond donors (Lipinski definition) is 2. The summed E-state index contributed by atoms with van der Waals surface area (Å²) in [5, 5.41) is 4.27. The van der Waals surface area contributed by atoms with E-state index >= 15 is 0 Å². The van der Waals surface area contributed by atoms with Gasteiger partial charge in [0.15, 0.2) is 11.5 Å². The first-order valence-corrected chi connectivity index (χ1v) is 11.8. The number of halogens is 2. The largest absolute Gasteiger partial charge is 0.493 e. The molecule has 1 saturated carbocycles. The Morgan fingerprint density at radius 3 is 2.46 bits per heavy atom. The van der Waals surface area contributed by atoms with E-state index in [0.29, 0.717) is 23.1 Å². The van der Waals surface area contributed by atoms with Crippen molar-refractivity contribution in [1.82, 2.24) is 15.0 Å². The van der Waals surface area contributed by atoms with Gasteiger partial charge in [0, 0.05) is 29.4 Å². The summed E-state index contributed by atoms with van der Waals surface area (Å²) in [6.07, 6.45) is 8.88. The Morgan fingerprint density at radius 1 is 0.946 bits per heavy atom. The Balaban J connectivity index is 0.00000190. The lowest BCUT2D eigenvalue weighted by atomic mass is 9.94. The molecule has 0 atom stereocenters. The van der Waals surface area contributed by atoms with Gasteiger partial charge in [-0.15, -0.1) is 24.8 Å². The van der Waals surface area contributed by atoms with E-state index in [1.165, 1.54) is 0 Å². The summed E-state index contributed by atoms with van der Waals surface area (Å²) in [6, 6.07) is 13.7. The van der Waals surface area contributed by atoms with Gasteiger partial charge >= 0.3 is 0 Å². The Morgan fingerprint density at radius 2 is 1.76 bits per heavy atom. The van der Waals surface area contributed by atoms with Crippen molar-refractivity contribution in [3.8, 4) is 23.0 Å². The summed E-state index contributed by atoms with van der Waals surface area (Å²) in [6.45, 7) is 2.00. The van der Waals surface area contributed by atoms with Crippen molar-refractivity contribution in [2.24, 2.45) is 5.73 Å². The summed E-state index contributed by atoms with van der Waals surface area (Å²) in [5.41, 5.74) is 8.70. The van der Waals surface area contributed by atoms with Crippen LogP contribution in [0, 0.1) is 6.92 Å². The van der Waals surface area contributed by atoms with Crippen LogP contribution in [0.2, 0.25) is 0 Å². The zero-order chi connectivity index (χ0) is 24.2. The molecule has 5 rings (SSSR count). The molecule has 3 N–H and O–H groups in total. The van der Waals surface area contributed by atoms with Gasteiger partial charge < -0.3 is 25.3 Å². The first kappa shape index (κ1) is 28.2. The topological polar surface area (TPSA) is 104 Å². The van der Waals surface area contributed by atoms with Gasteiger partial charge in [-0.25, -0.2) is 9.97 Å². The van der Waals surface area contributed by atoms with Crippen molar-refractivity contribution in [1.29, 1.82) is 0 Å². The molecule has 2 aromatic carbocycles. The third kappa shape index (κ3) is 6.71. The van der Waals surface area contributed by atoms with Crippen LogP contribution in [0.5, 0.6) is 23.0 Å². The summed E-state index contributed by atoms with van der Waals surface area (Å²) < 4.78 is 17.9. The fraction of sp³-hybridized carbons (Fsp3) is 0.296. The molecule has 4 aromatic rings. The number of ether oxygens (including phenoxy) is 3. The Bertz CT molecular complexity index is 1320. The van der Waals surface area contributed by atoms with E-state index < -0.39 is 0 Å². The average molecular weight is 544 g/mol. The van der Waals surface area contributed by atoms with E-state index in [1.807, 2.05) is 49.4 Å². The van der Waals surface area contributed by atoms with Crippen LogP contribution >= 0.6 is 24.8 Å². The third-order valence-corrected chi connectivity index (χ3v) is 6.23. The number of aryl methyl sites for hydroxylation is 1. The molecule has 0 saturated heterocycles. The molecule has 196 valence electrons. The lowest BCUT2D eigenvalue weighted by molar-refractivity contribution is 0.142. The van der Waals surface area contributed by atoms with Crippen molar-refractivity contribution in [2.75, 3.05) is 12.4 Å². The van der Waals surface area contributed by atoms with E-state index in [4.69, 9.17) is 19.9 Å². The van der Waals surface area contributed by atoms with Crippen LogP contribution in [0.15, 0.2) is 61.2 Å². The van der Waals surface area contributed by atoms with E-state index in [0.717, 1.165) is 53.6 Å². The number of pyridine rings is 1. The molecular formula is C27H31Cl2N5O3. The number of benzene rings is 2. The maximum atomic E-state index is 6.34. The second kappa shape index (κ2) is 12.8. The molecule has 10 heteroatoms. The number of rotatable bonds is 7. The zero-order valence-corrected chi connectivity index (χ0v) is 22.3. The molecule has 0 radical (unpaired) electrons. The number of nitrogens with zero attached hydrogens (tertiary/aromatic N) is 3. The Kier molecular flexibility index (Phi) is 9.74. The first-order chi connectivity index (χ1) is 17.1. The molecule has 0 bridgehead atoms. The summed E-state index contributed by atoms with van der Waals surface area (Å²) in [5.74, 6) is 3.50. The average Bonchev–Trinajstić information content (AvgIpc) is 2.87. The van der Waals surface area contributed by atoms with Crippen LogP contribution in [0.4, 0.5) is 11.5 Å². The predicted octanol–water partition coefficient (Wildman–Crippen LogP) is 6.37. The monoisotopic (exact) mass is 543 g/mol. The van der Waals surface area contributed by atoms with Crippen LogP contribution in [-0.4, -0.2) is 34.2 Å². The standard InChI is InChI=1S/C27H29N5O3.2ClH/c1-17-12-19(7-10-24(17)35-21-4-3-11-29-15-21)32-27-22-13-26(34-20-8-5-18(28)6-9-20)25(33-2)14-23(22)30-16-31-27;;/h3-4,7,10-16,18,20H,5-6,8-9,28H2,1-2H3,(H,30,31,32);2*1H/t18-,20-;;. The number of methoxy groups -OCH3 is 1. The minimum atomic E-state index is 0. The van der Waals surface area contributed by atoms with Crippen LogP contribution < -0.4 is 25.3 Å². The summed E-state index contributed by atoms with van der Waals surface area (Å²) in [4.78, 5) is 13.0. The highest BCUT2D eigenvalue weighted by atomic mass is 35.5. The highest BCUT2D eigenvalue weighted by Crippen LogP contribution is 2.37. The van der Waals surface area contributed by atoms with Gasteiger partial charge in [0.2, 0.25) is 0 Å². The Labute approximate surface area is 228 Å². The number of nitrogens with one attached hydrogen (secondary N) is 1. The molecule has 2 heterocycles. The van der Waals surface area contributed by atoms with Crippen LogP contribution in [0.3, 0.4) is 0 Å². The molecule has 0 spiro atoms. The van der Waals surface area contributed by atoms with Crippen molar-refractivity contribution >= 4 is 47.2 Å². The molecular weight excluding hydrogens is 513 g/mol. The molecule has 1 fully saturated rings. The van der Waals surface area contributed by atoms with Gasteiger partial charge in [-0.2, -0.15) is 0 Å². The van der Waals surface area contributed by atoms with Crippen LogP contribution in [0.25, 0.3) is 10.9 Å². The Hall–Kier alpha value is -3.33. The molecule has 0 amide bonds. The number of nitrogens with two attached hydrogens (primary N) is 1. The SMILES string of the molecule is COc1cc2ncnc(Nc3ccc(Oc4cccnc4)c(C)c3)c2cc1O[C@H]1CC[C@H](N)CC1.Cl.Cl. The quantitative estimate of drug-likeness (QED) is 0.277. The maximum Gasteiger partial charge on any atom is 0.162 e. The number of fused-ring (bicyclic) bond motifs is 1. The minimum absolute atomic E-state index is 0. The fourth-order valence-electron chi connectivity index (χ4n) is 4.31. The van der Waals surface area contributed by atoms with Crippen molar-refractivity contribution in [2.45, 2.75) is 44.8 Å². The molecule has 0 aliphatic heterocycles. The normalized spacial score (nSPS) is 16.7. The van der Waals surface area contributed by atoms with Gasteiger partial charge in [0.05, 0.1) is 24.9 Å². The predicted molar refractivity (Wildman–Crippen MR) is 150 cm³/mol. The molecule has 8 nitrogen and oxygen atoms in total. The van der Waals surface area contributed by atoms with Crippen molar-refractivity contribution < 1.29 is 14.2 Å². The second-order valence-electron chi connectivity index (χ2n) is 8.79. The lowest BCUT2D eigenvalue weighted by Gasteiger charge is -2.27. The zero-order valence-electron chi connectivity index (χ0n) is 20.7. The van der Waals surface area contributed by atoms with Gasteiger partial charge in [-0.1, -0.05) is 0 Å². The molecule has 0 unspecified atom stereocenters. The van der Waals surface area contributed by atoms with Gasteiger partial charge in [-0.3, -0.25) is 4.98 Å². The van der Waals surface area contributed by atoms with Gasteiger partial charge in [0.25, 0.3) is 0 Å². The van der Waals surface area contributed by atoms with Crippen LogP contribution in [0.1, 0.15) is 31.2 Å². The molecule has 2 aromatic heterocycles. The molecule has 1 aliphatic carbocycles. The van der Waals surface area contributed by atoms with Gasteiger partial charge in [0.1, 0.15) is 23.6 Å². The van der Waals surface area contributed by atoms with E-state index in [9.17, 15) is 0 Å². The molecule has 1 aliphatic rings. The van der Waals surface area contributed by atoms with Crippen LogP contribution in [-0.2, 0) is 0 Å². The second-order valence-corrected chi connectivity index (χ2v) is 8.79. The van der Waals surface area contributed by atoms with Gasteiger partial charge in [-0.05, 0) is 74.6 Å². The highest BCUT2D eigenvalue weighted by Gasteiger charge is 2.22. The number of aromatic nitrogens is 3. The number of hydrogen-bond acceptors (Lipinski definition) is 8. The minimum Gasteiger partial charge on any atom is -0.493 e. The first-order valence-electron chi connectivity index (χ1n) is 11.8. The summed E-state index contributed by atoms with van der Waals surface area (Å²) >= 11 is 0. The van der Waals surface area contributed by atoms with E-state index in [2.05, 4.69) is 20.3 Å². The summed E-state index contributed by atoms with van der Waals surface area (Å²) in [7, 11) is 1.64. The highest BCUT2D eigenvalue weighted by molar-refractivity contribution is 5.93. The van der Waals surface area contributed by atoms with Crippen molar-refractivity contribution in [3.05, 3.63) is 66.7 Å².